The van der Waals surface area contributed by atoms with Gasteiger partial charge in [-0.05, 0) is 19.8 Å². The van der Waals surface area contributed by atoms with Crippen LogP contribution in [0.3, 0.4) is 0 Å². The van der Waals surface area contributed by atoms with Crippen molar-refractivity contribution in [1.29, 1.82) is 0 Å². The largest absolute Gasteiger partial charge is 0.497 e. The number of methoxy groups -OCH3 is 2. The zero-order chi connectivity index (χ0) is 19.4. The van der Waals surface area contributed by atoms with Crippen molar-refractivity contribution in [2.24, 2.45) is 0 Å². The number of amides is 3. The molecular weight excluding hydrogens is 352 g/mol. The van der Waals surface area contributed by atoms with Gasteiger partial charge in [0, 0.05) is 36.0 Å². The molecule has 0 spiro atoms. The van der Waals surface area contributed by atoms with E-state index >= 15 is 0 Å². The van der Waals surface area contributed by atoms with Crippen LogP contribution in [0.5, 0.6) is 11.5 Å². The Morgan fingerprint density at radius 3 is 2.33 bits per heavy atom. The van der Waals surface area contributed by atoms with Gasteiger partial charge in [-0.1, -0.05) is 5.16 Å². The first-order chi connectivity index (χ1) is 13.0. The Labute approximate surface area is 156 Å². The third-order valence-electron chi connectivity index (χ3n) is 4.06. The minimum atomic E-state index is -0.362. The van der Waals surface area contributed by atoms with E-state index in [-0.39, 0.29) is 24.5 Å². The highest BCUT2D eigenvalue weighted by atomic mass is 16.5. The van der Waals surface area contributed by atoms with Gasteiger partial charge in [-0.15, -0.1) is 0 Å². The normalized spacial score (nSPS) is 13.0. The van der Waals surface area contributed by atoms with Crippen molar-refractivity contribution in [3.63, 3.8) is 0 Å². The summed E-state index contributed by atoms with van der Waals surface area (Å²) in [5.41, 5.74) is 0.523. The molecule has 144 valence electrons. The summed E-state index contributed by atoms with van der Waals surface area (Å²) in [6, 6.07) is 6.37. The molecule has 0 saturated heterocycles. The predicted octanol–water partition coefficient (Wildman–Crippen LogP) is 2.64. The fraction of sp³-hybridized carbons (Fsp3) is 0.389. The van der Waals surface area contributed by atoms with E-state index in [9.17, 15) is 9.59 Å². The van der Waals surface area contributed by atoms with Gasteiger partial charge >= 0.3 is 6.03 Å². The average molecular weight is 374 g/mol. The van der Waals surface area contributed by atoms with Gasteiger partial charge in [0.15, 0.2) is 5.82 Å². The van der Waals surface area contributed by atoms with E-state index in [2.05, 4.69) is 15.8 Å². The summed E-state index contributed by atoms with van der Waals surface area (Å²) < 4.78 is 15.3. The second-order valence-electron chi connectivity index (χ2n) is 6.26. The molecule has 1 heterocycles. The molecule has 1 saturated carbocycles. The topological polar surface area (TPSA) is 106 Å². The van der Waals surface area contributed by atoms with E-state index in [4.69, 9.17) is 14.0 Å². The van der Waals surface area contributed by atoms with Gasteiger partial charge in [0.05, 0.1) is 14.2 Å². The number of rotatable bonds is 7. The molecule has 2 N–H and O–H groups in total. The van der Waals surface area contributed by atoms with E-state index in [1.54, 1.807) is 31.2 Å². The van der Waals surface area contributed by atoms with E-state index in [1.165, 1.54) is 19.1 Å². The number of carbonyl (C=O) groups is 2. The molecule has 1 aromatic carbocycles. The molecule has 1 aliphatic carbocycles. The number of hydrogen-bond acceptors (Lipinski definition) is 6. The summed E-state index contributed by atoms with van der Waals surface area (Å²) in [7, 11) is 3.07. The van der Waals surface area contributed by atoms with Gasteiger partial charge in [-0.2, -0.15) is 0 Å². The molecule has 2 aromatic rings. The average Bonchev–Trinajstić information content (AvgIpc) is 3.41. The number of hydrogen-bond donors (Lipinski definition) is 2. The van der Waals surface area contributed by atoms with Crippen LogP contribution in [0.4, 0.5) is 16.3 Å². The van der Waals surface area contributed by atoms with Crippen LogP contribution in [-0.2, 0) is 4.79 Å². The fourth-order valence-corrected chi connectivity index (χ4v) is 2.59. The molecular formula is C18H22N4O5. The second kappa shape index (κ2) is 7.98. The van der Waals surface area contributed by atoms with E-state index in [1.807, 2.05) is 0 Å². The number of aromatic nitrogens is 1. The minimum Gasteiger partial charge on any atom is -0.497 e. The van der Waals surface area contributed by atoms with Crippen LogP contribution < -0.4 is 20.1 Å². The van der Waals surface area contributed by atoms with Gasteiger partial charge in [0.1, 0.15) is 23.8 Å². The summed E-state index contributed by atoms with van der Waals surface area (Å²) in [5, 5.41) is 9.15. The molecule has 0 aliphatic heterocycles. The van der Waals surface area contributed by atoms with Crippen molar-refractivity contribution in [2.75, 3.05) is 31.4 Å². The lowest BCUT2D eigenvalue weighted by molar-refractivity contribution is -0.116. The summed E-state index contributed by atoms with van der Waals surface area (Å²) in [5.74, 6) is 1.69. The van der Waals surface area contributed by atoms with E-state index in [0.717, 1.165) is 12.8 Å². The van der Waals surface area contributed by atoms with Crippen LogP contribution in [0.2, 0.25) is 0 Å². The molecule has 9 nitrogen and oxygen atoms in total. The highest BCUT2D eigenvalue weighted by Crippen LogP contribution is 2.29. The van der Waals surface area contributed by atoms with Crippen molar-refractivity contribution < 1.29 is 23.6 Å². The number of carbonyl (C=O) groups excluding carboxylic acids is 2. The third kappa shape index (κ3) is 4.90. The maximum atomic E-state index is 12.7. The Morgan fingerprint density at radius 2 is 1.81 bits per heavy atom. The van der Waals surface area contributed by atoms with Crippen molar-refractivity contribution in [3.8, 4) is 11.5 Å². The fourth-order valence-electron chi connectivity index (χ4n) is 2.59. The van der Waals surface area contributed by atoms with E-state index < -0.39 is 0 Å². The van der Waals surface area contributed by atoms with Crippen molar-refractivity contribution in [2.45, 2.75) is 25.8 Å². The Morgan fingerprint density at radius 1 is 1.15 bits per heavy atom. The zero-order valence-electron chi connectivity index (χ0n) is 15.4. The van der Waals surface area contributed by atoms with Gasteiger partial charge in [-0.25, -0.2) is 4.79 Å². The maximum absolute atomic E-state index is 12.7. The zero-order valence-corrected chi connectivity index (χ0v) is 15.4. The molecule has 1 fully saturated rings. The van der Waals surface area contributed by atoms with Crippen LogP contribution in [0.25, 0.3) is 0 Å². The molecule has 1 aromatic heterocycles. The number of nitrogens with zero attached hydrogens (tertiary/aromatic N) is 2. The Balaban J connectivity index is 1.66. The Hall–Kier alpha value is -3.23. The van der Waals surface area contributed by atoms with Gasteiger partial charge in [0.25, 0.3) is 0 Å². The highest BCUT2D eigenvalue weighted by molar-refractivity contribution is 5.97. The molecule has 3 amide bonds. The summed E-state index contributed by atoms with van der Waals surface area (Å²) >= 11 is 0. The van der Waals surface area contributed by atoms with Crippen LogP contribution >= 0.6 is 0 Å². The quantitative estimate of drug-likeness (QED) is 0.772. The lowest BCUT2D eigenvalue weighted by Crippen LogP contribution is -2.42. The smallest absolute Gasteiger partial charge is 0.322 e. The molecule has 27 heavy (non-hydrogen) atoms. The minimum absolute atomic E-state index is 0.0438. The molecule has 0 bridgehead atoms. The van der Waals surface area contributed by atoms with Gasteiger partial charge in [-0.3, -0.25) is 4.79 Å². The second-order valence-corrected chi connectivity index (χ2v) is 6.26. The summed E-state index contributed by atoms with van der Waals surface area (Å²) in [4.78, 5) is 26.5. The van der Waals surface area contributed by atoms with Crippen LogP contribution in [-0.4, -0.2) is 48.8 Å². The summed E-state index contributed by atoms with van der Waals surface area (Å²) in [6.07, 6.45) is 1.73. The first-order valence-electron chi connectivity index (χ1n) is 8.52. The molecule has 0 radical (unpaired) electrons. The monoisotopic (exact) mass is 374 g/mol. The lowest BCUT2D eigenvalue weighted by Gasteiger charge is -2.22. The van der Waals surface area contributed by atoms with Crippen molar-refractivity contribution in [1.82, 2.24) is 10.1 Å². The van der Waals surface area contributed by atoms with Crippen molar-refractivity contribution >= 4 is 23.4 Å². The number of ether oxygens (including phenoxy) is 2. The lowest BCUT2D eigenvalue weighted by atomic mass is 10.2. The molecule has 3 rings (SSSR count). The SMILES string of the molecule is COc1cc(NC(=O)N(CC(=O)Nc2cc(C)on2)C2CC2)cc(OC)c1. The highest BCUT2D eigenvalue weighted by Gasteiger charge is 2.34. The van der Waals surface area contributed by atoms with Crippen LogP contribution in [0.15, 0.2) is 28.8 Å². The van der Waals surface area contributed by atoms with E-state index in [0.29, 0.717) is 28.8 Å². The number of urea groups is 1. The maximum Gasteiger partial charge on any atom is 0.322 e. The van der Waals surface area contributed by atoms with Crippen LogP contribution in [0.1, 0.15) is 18.6 Å². The molecule has 9 heteroatoms. The number of anilines is 2. The van der Waals surface area contributed by atoms with Gasteiger partial charge in [0.2, 0.25) is 5.91 Å². The number of benzene rings is 1. The third-order valence-corrected chi connectivity index (χ3v) is 4.06. The first kappa shape index (κ1) is 18.6. The number of aryl methyl sites for hydroxylation is 1. The first-order valence-corrected chi connectivity index (χ1v) is 8.52. The van der Waals surface area contributed by atoms with Gasteiger partial charge < -0.3 is 29.5 Å². The Bertz CT molecular complexity index is 809. The van der Waals surface area contributed by atoms with Crippen LogP contribution in [0, 0.1) is 6.92 Å². The van der Waals surface area contributed by atoms with Crippen molar-refractivity contribution in [3.05, 3.63) is 30.0 Å². The number of nitrogens with one attached hydrogen (secondary N) is 2. The molecule has 0 unspecified atom stereocenters. The predicted molar refractivity (Wildman–Crippen MR) is 98.2 cm³/mol. The molecule has 0 atom stereocenters. The Kier molecular flexibility index (Phi) is 5.49. The molecule has 1 aliphatic rings. The standard InChI is InChI=1S/C18H22N4O5/c1-11-6-16(21-27-11)20-17(23)10-22(13-4-5-13)18(24)19-12-7-14(25-2)9-15(8-12)26-3/h6-9,13H,4-5,10H2,1-3H3,(H,19,24)(H,20,21,23). The summed E-state index contributed by atoms with van der Waals surface area (Å²) in [6.45, 7) is 1.65.